The molecule has 2 aliphatic rings. The maximum atomic E-state index is 11.5. The summed E-state index contributed by atoms with van der Waals surface area (Å²) in [5, 5.41) is 6.86. The molecule has 0 spiro atoms. The highest BCUT2D eigenvalue weighted by atomic mass is 32.2. The molecule has 2 amide bonds. The fourth-order valence-corrected chi connectivity index (χ4v) is 2.82. The van der Waals surface area contributed by atoms with Crippen LogP contribution >= 0.6 is 11.8 Å². The van der Waals surface area contributed by atoms with E-state index in [-0.39, 0.29) is 11.1 Å². The Morgan fingerprint density at radius 3 is 2.89 bits per heavy atom. The second kappa shape index (κ2) is 5.05. The molecule has 2 aliphatic heterocycles. The number of carbonyl (C=O) groups excluding carboxylic acids is 2. The van der Waals surface area contributed by atoms with Crippen molar-refractivity contribution < 1.29 is 9.59 Å². The van der Waals surface area contributed by atoms with E-state index < -0.39 is 0 Å². The van der Waals surface area contributed by atoms with Gasteiger partial charge in [-0.3, -0.25) is 9.59 Å². The van der Waals surface area contributed by atoms with Crippen molar-refractivity contribution in [1.82, 2.24) is 5.43 Å². The Morgan fingerprint density at radius 2 is 2.11 bits per heavy atom. The molecule has 6 heteroatoms. The molecule has 98 valence electrons. The Balaban J connectivity index is 1.91. The minimum atomic E-state index is -0.120. The second-order valence-electron chi connectivity index (χ2n) is 4.52. The summed E-state index contributed by atoms with van der Waals surface area (Å²) in [5.74, 6) is 0.654. The molecular weight excluding hydrogens is 262 g/mol. The highest BCUT2D eigenvalue weighted by Gasteiger charge is 2.17. The zero-order valence-corrected chi connectivity index (χ0v) is 11.0. The van der Waals surface area contributed by atoms with Crippen LogP contribution in [0.3, 0.4) is 0 Å². The summed E-state index contributed by atoms with van der Waals surface area (Å²) in [6.45, 7) is 0. The summed E-state index contributed by atoms with van der Waals surface area (Å²) < 4.78 is 0. The van der Waals surface area contributed by atoms with Crippen molar-refractivity contribution in [3.8, 4) is 0 Å². The number of hydrogen-bond acceptors (Lipinski definition) is 4. The quantitative estimate of drug-likeness (QED) is 0.824. The summed E-state index contributed by atoms with van der Waals surface area (Å²) in [5.41, 5.74) is 6.36. The SMILES string of the molecule is O=C1CCCc2cc(C3=NNC(=O)SC3)ccc2N1. The number of thioether (sulfide) groups is 1. The third-order valence-electron chi connectivity index (χ3n) is 3.18. The van der Waals surface area contributed by atoms with E-state index in [0.717, 1.165) is 35.4 Å². The number of hydrazone groups is 1. The van der Waals surface area contributed by atoms with E-state index in [0.29, 0.717) is 12.2 Å². The van der Waals surface area contributed by atoms with Gasteiger partial charge in [0.05, 0.1) is 5.71 Å². The van der Waals surface area contributed by atoms with Gasteiger partial charge < -0.3 is 5.32 Å². The molecule has 0 aromatic heterocycles. The third-order valence-corrected chi connectivity index (χ3v) is 3.96. The average molecular weight is 275 g/mol. The Morgan fingerprint density at radius 1 is 1.21 bits per heavy atom. The number of anilines is 1. The van der Waals surface area contributed by atoms with Crippen LogP contribution in [0.15, 0.2) is 23.3 Å². The number of fused-ring (bicyclic) bond motifs is 1. The van der Waals surface area contributed by atoms with E-state index in [1.165, 1.54) is 11.8 Å². The van der Waals surface area contributed by atoms with Crippen molar-refractivity contribution in [2.75, 3.05) is 11.1 Å². The van der Waals surface area contributed by atoms with Crippen LogP contribution in [0.5, 0.6) is 0 Å². The van der Waals surface area contributed by atoms with Gasteiger partial charge in [-0.05, 0) is 36.1 Å². The van der Waals surface area contributed by atoms with Gasteiger partial charge in [0.2, 0.25) is 5.91 Å². The Labute approximate surface area is 114 Å². The molecule has 1 aromatic rings. The molecule has 1 aromatic carbocycles. The van der Waals surface area contributed by atoms with Crippen molar-refractivity contribution in [3.05, 3.63) is 29.3 Å². The summed E-state index contributed by atoms with van der Waals surface area (Å²) in [6.07, 6.45) is 2.31. The zero-order valence-electron chi connectivity index (χ0n) is 10.2. The van der Waals surface area contributed by atoms with Crippen molar-refractivity contribution in [2.45, 2.75) is 19.3 Å². The number of amides is 2. The Kier molecular flexibility index (Phi) is 3.25. The number of benzene rings is 1. The Hall–Kier alpha value is -1.82. The number of nitrogens with one attached hydrogen (secondary N) is 2. The summed E-state index contributed by atoms with van der Waals surface area (Å²) in [7, 11) is 0. The fraction of sp³-hybridized carbons (Fsp3) is 0.308. The molecule has 2 heterocycles. The lowest BCUT2D eigenvalue weighted by atomic mass is 10.0. The van der Waals surface area contributed by atoms with Crippen molar-refractivity contribution in [1.29, 1.82) is 0 Å². The van der Waals surface area contributed by atoms with Gasteiger partial charge in [0.1, 0.15) is 0 Å². The van der Waals surface area contributed by atoms with Crippen molar-refractivity contribution in [3.63, 3.8) is 0 Å². The molecule has 0 fully saturated rings. The van der Waals surface area contributed by atoms with Crippen LogP contribution in [0.25, 0.3) is 0 Å². The fourth-order valence-electron chi connectivity index (χ4n) is 2.21. The summed E-state index contributed by atoms with van der Waals surface area (Å²) in [4.78, 5) is 22.5. The van der Waals surface area contributed by atoms with E-state index >= 15 is 0 Å². The molecule has 19 heavy (non-hydrogen) atoms. The van der Waals surface area contributed by atoms with E-state index in [1.54, 1.807) is 0 Å². The first-order valence-electron chi connectivity index (χ1n) is 6.15. The van der Waals surface area contributed by atoms with Gasteiger partial charge in [0.15, 0.2) is 0 Å². The molecule has 0 saturated carbocycles. The molecule has 0 unspecified atom stereocenters. The normalized spacial score (nSPS) is 18.8. The molecule has 0 aliphatic carbocycles. The molecule has 0 atom stereocenters. The van der Waals surface area contributed by atoms with Gasteiger partial charge in [-0.1, -0.05) is 17.8 Å². The van der Waals surface area contributed by atoms with Crippen molar-refractivity contribution >= 4 is 34.3 Å². The molecular formula is C13H13N3O2S. The lowest BCUT2D eigenvalue weighted by molar-refractivity contribution is -0.116. The highest BCUT2D eigenvalue weighted by molar-refractivity contribution is 8.14. The molecule has 2 N–H and O–H groups in total. The molecule has 0 bridgehead atoms. The Bertz CT molecular complexity index is 583. The van der Waals surface area contributed by atoms with Crippen LogP contribution in [-0.4, -0.2) is 22.6 Å². The van der Waals surface area contributed by atoms with E-state index in [9.17, 15) is 9.59 Å². The maximum absolute atomic E-state index is 11.5. The van der Waals surface area contributed by atoms with Crippen LogP contribution in [0, 0.1) is 0 Å². The van der Waals surface area contributed by atoms with Gasteiger partial charge in [-0.2, -0.15) is 5.10 Å². The predicted molar refractivity (Wildman–Crippen MR) is 75.5 cm³/mol. The number of rotatable bonds is 1. The average Bonchev–Trinajstić information content (AvgIpc) is 2.59. The molecule has 0 radical (unpaired) electrons. The van der Waals surface area contributed by atoms with Gasteiger partial charge in [0, 0.05) is 17.9 Å². The zero-order chi connectivity index (χ0) is 13.2. The van der Waals surface area contributed by atoms with Crippen LogP contribution < -0.4 is 10.7 Å². The third kappa shape index (κ3) is 2.63. The predicted octanol–water partition coefficient (Wildman–Crippen LogP) is 2.12. The van der Waals surface area contributed by atoms with Crippen LogP contribution in [0.4, 0.5) is 10.5 Å². The number of nitrogens with zero attached hydrogens (tertiary/aromatic N) is 1. The molecule has 0 saturated heterocycles. The first-order valence-corrected chi connectivity index (χ1v) is 7.13. The summed E-state index contributed by atoms with van der Waals surface area (Å²) in [6, 6.07) is 5.90. The van der Waals surface area contributed by atoms with Crippen LogP contribution in [0.2, 0.25) is 0 Å². The largest absolute Gasteiger partial charge is 0.326 e. The van der Waals surface area contributed by atoms with Crippen molar-refractivity contribution in [2.24, 2.45) is 5.10 Å². The van der Waals surface area contributed by atoms with E-state index in [4.69, 9.17) is 0 Å². The minimum Gasteiger partial charge on any atom is -0.326 e. The standard InChI is InChI=1S/C13H13N3O2S/c17-12-3-1-2-8-6-9(4-5-10(8)14-12)11-7-19-13(18)16-15-11/h4-6H,1-3,7H2,(H,14,17)(H,16,18). The number of hydrogen-bond donors (Lipinski definition) is 2. The monoisotopic (exact) mass is 275 g/mol. The minimum absolute atomic E-state index is 0.0734. The van der Waals surface area contributed by atoms with E-state index in [2.05, 4.69) is 21.9 Å². The van der Waals surface area contributed by atoms with Gasteiger partial charge in [-0.15, -0.1) is 0 Å². The van der Waals surface area contributed by atoms with Gasteiger partial charge >= 0.3 is 0 Å². The first-order chi connectivity index (χ1) is 9.22. The lowest BCUT2D eigenvalue weighted by Gasteiger charge is -2.14. The molecule has 5 nitrogen and oxygen atoms in total. The second-order valence-corrected chi connectivity index (χ2v) is 5.47. The van der Waals surface area contributed by atoms with Gasteiger partial charge in [-0.25, -0.2) is 5.43 Å². The summed E-state index contributed by atoms with van der Waals surface area (Å²) >= 11 is 1.21. The van der Waals surface area contributed by atoms with Gasteiger partial charge in [0.25, 0.3) is 5.24 Å². The number of aryl methyl sites for hydroxylation is 1. The highest BCUT2D eigenvalue weighted by Crippen LogP contribution is 2.24. The van der Waals surface area contributed by atoms with Crippen LogP contribution in [0.1, 0.15) is 24.0 Å². The van der Waals surface area contributed by atoms with Crippen LogP contribution in [-0.2, 0) is 11.2 Å². The number of carbonyl (C=O) groups is 2. The topological polar surface area (TPSA) is 70.6 Å². The molecule has 3 rings (SSSR count). The maximum Gasteiger partial charge on any atom is 0.299 e. The smallest absolute Gasteiger partial charge is 0.299 e. The lowest BCUT2D eigenvalue weighted by Crippen LogP contribution is -2.23. The first kappa shape index (κ1) is 12.2. The van der Waals surface area contributed by atoms with E-state index in [1.807, 2.05) is 12.1 Å².